The minimum Gasteiger partial charge on any atom is -0.395 e. The van der Waals surface area contributed by atoms with E-state index in [0.717, 1.165) is 11.8 Å². The van der Waals surface area contributed by atoms with Gasteiger partial charge in [0.1, 0.15) is 5.41 Å². The molecule has 4 nitrogen and oxygen atoms in total. The standard InChI is InChI=1S/C12H13NO3S/c1-17(15,16)11-10(12(11,7-13)8-14)9-5-3-2-4-6-9/h2-6,10-11,14H,8H2,1H3/t10-,11+,12-/m1/s1. The van der Waals surface area contributed by atoms with Crippen molar-refractivity contribution in [2.45, 2.75) is 11.2 Å². The molecule has 0 bridgehead atoms. The summed E-state index contributed by atoms with van der Waals surface area (Å²) in [7, 11) is -3.34. The second kappa shape index (κ2) is 3.83. The summed E-state index contributed by atoms with van der Waals surface area (Å²) in [5.41, 5.74) is -0.381. The van der Waals surface area contributed by atoms with Gasteiger partial charge in [0.25, 0.3) is 0 Å². The van der Waals surface area contributed by atoms with Crippen molar-refractivity contribution in [3.8, 4) is 6.07 Å². The fraction of sp³-hybridized carbons (Fsp3) is 0.417. The third kappa shape index (κ3) is 1.74. The number of benzene rings is 1. The van der Waals surface area contributed by atoms with E-state index in [-0.39, 0.29) is 0 Å². The van der Waals surface area contributed by atoms with E-state index in [2.05, 4.69) is 0 Å². The Balaban J connectivity index is 2.47. The van der Waals surface area contributed by atoms with Crippen LogP contribution in [0.2, 0.25) is 0 Å². The lowest BCUT2D eigenvalue weighted by atomic mass is 10.0. The van der Waals surface area contributed by atoms with Gasteiger partial charge in [-0.15, -0.1) is 0 Å². The highest BCUT2D eigenvalue weighted by atomic mass is 32.2. The average molecular weight is 251 g/mol. The average Bonchev–Trinajstić information content (AvgIpc) is 3.00. The Morgan fingerprint density at radius 2 is 2.00 bits per heavy atom. The van der Waals surface area contributed by atoms with Crippen molar-refractivity contribution in [3.63, 3.8) is 0 Å². The van der Waals surface area contributed by atoms with Gasteiger partial charge in [-0.2, -0.15) is 5.26 Å². The number of sulfone groups is 1. The molecule has 1 aliphatic carbocycles. The van der Waals surface area contributed by atoms with Crippen molar-refractivity contribution in [1.29, 1.82) is 5.26 Å². The van der Waals surface area contributed by atoms with Gasteiger partial charge >= 0.3 is 0 Å². The molecule has 0 aliphatic heterocycles. The summed E-state index contributed by atoms with van der Waals surface area (Å²) in [5.74, 6) is -0.423. The maximum atomic E-state index is 11.6. The summed E-state index contributed by atoms with van der Waals surface area (Å²) in [5, 5.41) is 17.7. The third-order valence-corrected chi connectivity index (χ3v) is 4.96. The molecule has 0 saturated heterocycles. The van der Waals surface area contributed by atoms with E-state index in [1.54, 1.807) is 24.3 Å². The second-order valence-electron chi connectivity index (χ2n) is 4.45. The zero-order valence-corrected chi connectivity index (χ0v) is 10.2. The van der Waals surface area contributed by atoms with E-state index in [1.807, 2.05) is 12.1 Å². The zero-order valence-electron chi connectivity index (χ0n) is 9.37. The van der Waals surface area contributed by atoms with E-state index in [0.29, 0.717) is 0 Å². The quantitative estimate of drug-likeness (QED) is 0.857. The summed E-state index contributed by atoms with van der Waals surface area (Å²) in [4.78, 5) is 0. The van der Waals surface area contributed by atoms with Crippen LogP contribution in [0.3, 0.4) is 0 Å². The van der Waals surface area contributed by atoms with Crippen molar-refractivity contribution in [2.24, 2.45) is 5.41 Å². The SMILES string of the molecule is CS(=O)(=O)[C@H]1[C@@H](c2ccccc2)[C@@]1(C#N)CO. The van der Waals surface area contributed by atoms with Gasteiger partial charge < -0.3 is 5.11 Å². The van der Waals surface area contributed by atoms with Gasteiger partial charge in [-0.05, 0) is 5.56 Å². The highest BCUT2D eigenvalue weighted by Crippen LogP contribution is 2.62. The van der Waals surface area contributed by atoms with E-state index in [9.17, 15) is 13.5 Å². The van der Waals surface area contributed by atoms with Crippen LogP contribution < -0.4 is 0 Å². The van der Waals surface area contributed by atoms with Crippen molar-refractivity contribution in [2.75, 3.05) is 12.9 Å². The number of aliphatic hydroxyl groups is 1. The molecular weight excluding hydrogens is 238 g/mol. The van der Waals surface area contributed by atoms with Crippen LogP contribution in [-0.4, -0.2) is 31.6 Å². The van der Waals surface area contributed by atoms with E-state index >= 15 is 0 Å². The highest BCUT2D eigenvalue weighted by molar-refractivity contribution is 7.91. The van der Waals surface area contributed by atoms with Crippen LogP contribution in [0.5, 0.6) is 0 Å². The van der Waals surface area contributed by atoms with Crippen molar-refractivity contribution < 1.29 is 13.5 Å². The summed E-state index contributed by atoms with van der Waals surface area (Å²) in [6.07, 6.45) is 1.11. The smallest absolute Gasteiger partial charge is 0.152 e. The van der Waals surface area contributed by atoms with Gasteiger partial charge in [0.15, 0.2) is 9.84 Å². The van der Waals surface area contributed by atoms with Crippen molar-refractivity contribution >= 4 is 9.84 Å². The van der Waals surface area contributed by atoms with Crippen LogP contribution >= 0.6 is 0 Å². The Morgan fingerprint density at radius 3 is 2.35 bits per heavy atom. The van der Waals surface area contributed by atoms with E-state index < -0.39 is 33.0 Å². The number of rotatable bonds is 3. The zero-order chi connectivity index (χ0) is 12.7. The molecule has 1 fully saturated rings. The molecule has 0 amide bonds. The lowest BCUT2D eigenvalue weighted by Crippen LogP contribution is -2.16. The summed E-state index contributed by atoms with van der Waals surface area (Å²) in [6, 6.07) is 11.0. The molecule has 1 aromatic carbocycles. The Hall–Kier alpha value is -1.38. The molecule has 2 rings (SSSR count). The predicted octanol–water partition coefficient (Wildman–Crippen LogP) is 0.699. The molecule has 3 atom stereocenters. The molecule has 1 aliphatic rings. The molecule has 0 spiro atoms. The van der Waals surface area contributed by atoms with Gasteiger partial charge in [-0.25, -0.2) is 8.42 Å². The van der Waals surface area contributed by atoms with Gasteiger partial charge in [-0.1, -0.05) is 30.3 Å². The largest absolute Gasteiger partial charge is 0.395 e. The van der Waals surface area contributed by atoms with Crippen LogP contribution in [0.4, 0.5) is 0 Å². The highest BCUT2D eigenvalue weighted by Gasteiger charge is 2.70. The van der Waals surface area contributed by atoms with E-state index in [1.165, 1.54) is 0 Å². The lowest BCUT2D eigenvalue weighted by molar-refractivity contribution is 0.242. The fourth-order valence-electron chi connectivity index (χ4n) is 2.52. The summed E-state index contributed by atoms with van der Waals surface area (Å²) < 4.78 is 23.3. The number of nitriles is 1. The lowest BCUT2D eigenvalue weighted by Gasteiger charge is -2.02. The minimum atomic E-state index is -3.34. The van der Waals surface area contributed by atoms with Crippen molar-refractivity contribution in [3.05, 3.63) is 35.9 Å². The maximum Gasteiger partial charge on any atom is 0.152 e. The Kier molecular flexibility index (Phi) is 2.72. The van der Waals surface area contributed by atoms with Gasteiger partial charge in [0.05, 0.1) is 17.9 Å². The fourth-order valence-corrected chi connectivity index (χ4v) is 4.38. The summed E-state index contributed by atoms with van der Waals surface area (Å²) >= 11 is 0. The third-order valence-electron chi connectivity index (χ3n) is 3.35. The molecule has 90 valence electrons. The molecular formula is C12H13NO3S. The number of hydrogen-bond donors (Lipinski definition) is 1. The minimum absolute atomic E-state index is 0.423. The first-order chi connectivity index (χ1) is 7.97. The molecule has 1 saturated carbocycles. The number of hydrogen-bond acceptors (Lipinski definition) is 4. The van der Waals surface area contributed by atoms with Gasteiger partial charge in [0.2, 0.25) is 0 Å². The first-order valence-electron chi connectivity index (χ1n) is 5.23. The number of aliphatic hydroxyl groups excluding tert-OH is 1. The second-order valence-corrected chi connectivity index (χ2v) is 6.62. The van der Waals surface area contributed by atoms with Crippen LogP contribution in [0.25, 0.3) is 0 Å². The molecule has 0 heterocycles. The van der Waals surface area contributed by atoms with Gasteiger partial charge in [-0.3, -0.25) is 0 Å². The van der Waals surface area contributed by atoms with Crippen molar-refractivity contribution in [1.82, 2.24) is 0 Å². The molecule has 5 heteroatoms. The van der Waals surface area contributed by atoms with Crippen LogP contribution in [0.15, 0.2) is 30.3 Å². The Labute approximate surface area is 100 Å². The van der Waals surface area contributed by atoms with Crippen LogP contribution in [0, 0.1) is 16.7 Å². The molecule has 1 aromatic rings. The summed E-state index contributed by atoms with van der Waals surface area (Å²) in [6.45, 7) is -0.430. The first kappa shape index (κ1) is 12.1. The Morgan fingerprint density at radius 1 is 1.41 bits per heavy atom. The predicted molar refractivity (Wildman–Crippen MR) is 62.9 cm³/mol. The Bertz CT molecular complexity index is 561. The molecule has 1 N–H and O–H groups in total. The molecule has 0 aromatic heterocycles. The molecule has 17 heavy (non-hydrogen) atoms. The van der Waals surface area contributed by atoms with Gasteiger partial charge in [0, 0.05) is 12.2 Å². The van der Waals surface area contributed by atoms with E-state index in [4.69, 9.17) is 5.26 Å². The first-order valence-corrected chi connectivity index (χ1v) is 7.19. The van der Waals surface area contributed by atoms with Crippen LogP contribution in [0.1, 0.15) is 11.5 Å². The van der Waals surface area contributed by atoms with Crippen LogP contribution in [-0.2, 0) is 9.84 Å². The monoisotopic (exact) mass is 251 g/mol. The number of nitrogens with zero attached hydrogens (tertiary/aromatic N) is 1. The molecule has 0 unspecified atom stereocenters. The maximum absolute atomic E-state index is 11.6. The normalized spacial score (nSPS) is 31.8. The molecule has 0 radical (unpaired) electrons. The topological polar surface area (TPSA) is 78.2 Å².